The summed E-state index contributed by atoms with van der Waals surface area (Å²) >= 11 is 0. The lowest BCUT2D eigenvalue weighted by molar-refractivity contribution is 1.13. The molecular weight excluding hydrogens is 282 g/mol. The van der Waals surface area contributed by atoms with Gasteiger partial charge in [-0.05, 0) is 35.8 Å². The fraction of sp³-hybridized carbons (Fsp3) is 0.150. The maximum Gasteiger partial charge on any atom is 0.137 e. The van der Waals surface area contributed by atoms with Crippen molar-refractivity contribution in [3.8, 4) is 11.1 Å². The highest BCUT2D eigenvalue weighted by molar-refractivity contribution is 5.96. The minimum atomic E-state index is 0.940. The third kappa shape index (κ3) is 2.44. The van der Waals surface area contributed by atoms with E-state index in [1.807, 2.05) is 6.20 Å². The monoisotopic (exact) mass is 301 g/mol. The van der Waals surface area contributed by atoms with Gasteiger partial charge in [-0.2, -0.15) is 0 Å². The summed E-state index contributed by atoms with van der Waals surface area (Å²) < 4.78 is 0. The third-order valence-electron chi connectivity index (χ3n) is 4.33. The van der Waals surface area contributed by atoms with Gasteiger partial charge in [0.2, 0.25) is 0 Å². The average molecular weight is 301 g/mol. The molecule has 0 radical (unpaired) electrons. The van der Waals surface area contributed by atoms with E-state index in [4.69, 9.17) is 0 Å². The predicted molar refractivity (Wildman–Crippen MR) is 97.6 cm³/mol. The number of nitrogens with one attached hydrogen (secondary N) is 1. The van der Waals surface area contributed by atoms with Gasteiger partial charge in [0.25, 0.3) is 0 Å². The molecule has 2 aromatic heterocycles. The molecular formula is C20H19N3. The number of rotatable bonds is 3. The Kier molecular flexibility index (Phi) is 3.27. The number of nitrogens with zero attached hydrogens (tertiary/aromatic N) is 2. The first-order valence-corrected chi connectivity index (χ1v) is 7.84. The van der Waals surface area contributed by atoms with Crippen LogP contribution in [0, 0.1) is 0 Å². The minimum absolute atomic E-state index is 0.940. The lowest BCUT2D eigenvalue weighted by atomic mass is 10.0. The molecule has 0 spiro atoms. The van der Waals surface area contributed by atoms with Gasteiger partial charge in [0.1, 0.15) is 5.65 Å². The highest BCUT2D eigenvalue weighted by Gasteiger charge is 2.11. The van der Waals surface area contributed by atoms with Crippen LogP contribution in [0.3, 0.4) is 0 Å². The molecule has 0 aliphatic heterocycles. The summed E-state index contributed by atoms with van der Waals surface area (Å²) in [7, 11) is 4.11. The van der Waals surface area contributed by atoms with Gasteiger partial charge in [-0.3, -0.25) is 0 Å². The molecule has 0 amide bonds. The highest BCUT2D eigenvalue weighted by atomic mass is 15.1. The molecule has 0 atom stereocenters. The van der Waals surface area contributed by atoms with Gasteiger partial charge in [0.15, 0.2) is 0 Å². The summed E-state index contributed by atoms with van der Waals surface area (Å²) in [5.74, 6) is 0. The Morgan fingerprint density at radius 2 is 1.91 bits per heavy atom. The normalized spacial score (nSPS) is 13.6. The first-order valence-electron chi connectivity index (χ1n) is 7.84. The molecule has 4 rings (SSSR count). The minimum Gasteiger partial charge on any atom is -0.378 e. The lowest BCUT2D eigenvalue weighted by Crippen LogP contribution is -2.07. The Hall–Kier alpha value is -2.81. The van der Waals surface area contributed by atoms with E-state index in [1.165, 1.54) is 27.8 Å². The molecule has 1 aliphatic rings. The first-order chi connectivity index (χ1) is 11.2. The van der Waals surface area contributed by atoms with Crippen LogP contribution in [0.15, 0.2) is 61.0 Å². The van der Waals surface area contributed by atoms with Gasteiger partial charge in [-0.1, -0.05) is 30.4 Å². The van der Waals surface area contributed by atoms with Gasteiger partial charge in [0, 0.05) is 48.7 Å². The molecule has 114 valence electrons. The zero-order valence-corrected chi connectivity index (χ0v) is 13.4. The summed E-state index contributed by atoms with van der Waals surface area (Å²) in [6.07, 6.45) is 11.6. The second-order valence-electron chi connectivity index (χ2n) is 6.06. The van der Waals surface area contributed by atoms with Crippen molar-refractivity contribution in [2.75, 3.05) is 19.0 Å². The maximum absolute atomic E-state index is 4.59. The topological polar surface area (TPSA) is 31.9 Å². The van der Waals surface area contributed by atoms with E-state index in [-0.39, 0.29) is 0 Å². The van der Waals surface area contributed by atoms with E-state index < -0.39 is 0 Å². The van der Waals surface area contributed by atoms with Crippen molar-refractivity contribution >= 4 is 22.3 Å². The summed E-state index contributed by atoms with van der Waals surface area (Å²) in [4.78, 5) is 9.97. The Bertz CT molecular complexity index is 912. The molecule has 0 unspecified atom stereocenters. The number of allylic oxidation sites excluding steroid dienone is 4. The molecule has 0 saturated carbocycles. The van der Waals surface area contributed by atoms with Crippen molar-refractivity contribution in [1.82, 2.24) is 9.97 Å². The molecule has 3 aromatic rings. The highest BCUT2D eigenvalue weighted by Crippen LogP contribution is 2.31. The van der Waals surface area contributed by atoms with E-state index in [9.17, 15) is 0 Å². The molecule has 0 fully saturated rings. The van der Waals surface area contributed by atoms with Crippen molar-refractivity contribution < 1.29 is 0 Å². The molecule has 0 saturated heterocycles. The standard InChI is InChI=1S/C20H19N3/c1-23(2)17-9-7-14(8-10-17)16-11-18-19(15-5-3-4-6-15)13-22-20(18)21-12-16/h3,5-13H,4H2,1-2H3,(H,21,22). The molecule has 2 heterocycles. The molecule has 1 aromatic carbocycles. The Morgan fingerprint density at radius 1 is 1.09 bits per heavy atom. The molecule has 3 nitrogen and oxygen atoms in total. The second-order valence-corrected chi connectivity index (χ2v) is 6.06. The van der Waals surface area contributed by atoms with E-state index in [1.54, 1.807) is 0 Å². The fourth-order valence-corrected chi connectivity index (χ4v) is 3.01. The molecule has 1 N–H and O–H groups in total. The van der Waals surface area contributed by atoms with Crippen molar-refractivity contribution in [3.63, 3.8) is 0 Å². The number of pyridine rings is 1. The first kappa shape index (κ1) is 13.8. The van der Waals surface area contributed by atoms with E-state index >= 15 is 0 Å². The average Bonchev–Trinajstić information content (AvgIpc) is 3.23. The molecule has 23 heavy (non-hydrogen) atoms. The molecule has 1 aliphatic carbocycles. The number of aromatic nitrogens is 2. The van der Waals surface area contributed by atoms with Crippen molar-refractivity contribution in [2.45, 2.75) is 6.42 Å². The summed E-state index contributed by atoms with van der Waals surface area (Å²) in [5, 5.41) is 1.18. The number of fused-ring (bicyclic) bond motifs is 1. The van der Waals surface area contributed by atoms with E-state index in [0.717, 1.165) is 17.6 Å². The van der Waals surface area contributed by atoms with Gasteiger partial charge in [-0.15, -0.1) is 0 Å². The number of benzene rings is 1. The maximum atomic E-state index is 4.59. The van der Waals surface area contributed by atoms with Crippen LogP contribution >= 0.6 is 0 Å². The van der Waals surface area contributed by atoms with Crippen LogP contribution in [0.5, 0.6) is 0 Å². The smallest absolute Gasteiger partial charge is 0.137 e. The Morgan fingerprint density at radius 3 is 2.61 bits per heavy atom. The second kappa shape index (κ2) is 5.43. The zero-order chi connectivity index (χ0) is 15.8. The van der Waals surface area contributed by atoms with Crippen molar-refractivity contribution in [2.24, 2.45) is 0 Å². The van der Waals surface area contributed by atoms with Crippen molar-refractivity contribution in [3.05, 3.63) is 66.5 Å². The third-order valence-corrected chi connectivity index (χ3v) is 4.33. The SMILES string of the molecule is CN(C)c1ccc(-c2cnc3[nH]cc(C4=CCC=C4)c3c2)cc1. The Labute approximate surface area is 136 Å². The summed E-state index contributed by atoms with van der Waals surface area (Å²) in [5.41, 5.74) is 6.98. The van der Waals surface area contributed by atoms with Crippen LogP contribution in [0.1, 0.15) is 12.0 Å². The number of aromatic amines is 1. The van der Waals surface area contributed by atoms with Gasteiger partial charge < -0.3 is 9.88 Å². The fourth-order valence-electron chi connectivity index (χ4n) is 3.01. The van der Waals surface area contributed by atoms with Crippen LogP contribution < -0.4 is 4.90 Å². The van der Waals surface area contributed by atoms with E-state index in [2.05, 4.69) is 83.7 Å². The Balaban J connectivity index is 1.78. The van der Waals surface area contributed by atoms with Crippen LogP contribution in [-0.4, -0.2) is 24.1 Å². The molecule has 0 bridgehead atoms. The number of hydrogen-bond acceptors (Lipinski definition) is 2. The van der Waals surface area contributed by atoms with Crippen LogP contribution in [0.2, 0.25) is 0 Å². The predicted octanol–water partition coefficient (Wildman–Crippen LogP) is 4.64. The summed E-state index contributed by atoms with van der Waals surface area (Å²) in [6, 6.07) is 10.8. The number of hydrogen-bond donors (Lipinski definition) is 1. The molecule has 3 heteroatoms. The van der Waals surface area contributed by atoms with Crippen LogP contribution in [0.4, 0.5) is 5.69 Å². The van der Waals surface area contributed by atoms with Gasteiger partial charge >= 0.3 is 0 Å². The zero-order valence-electron chi connectivity index (χ0n) is 13.4. The lowest BCUT2D eigenvalue weighted by Gasteiger charge is -2.12. The van der Waals surface area contributed by atoms with Crippen LogP contribution in [0.25, 0.3) is 27.7 Å². The van der Waals surface area contributed by atoms with Gasteiger partial charge in [0.05, 0.1) is 0 Å². The quantitative estimate of drug-likeness (QED) is 0.764. The van der Waals surface area contributed by atoms with Crippen LogP contribution in [-0.2, 0) is 0 Å². The number of H-pyrrole nitrogens is 1. The largest absolute Gasteiger partial charge is 0.378 e. The number of anilines is 1. The van der Waals surface area contributed by atoms with Crippen molar-refractivity contribution in [1.29, 1.82) is 0 Å². The summed E-state index contributed by atoms with van der Waals surface area (Å²) in [6.45, 7) is 0. The van der Waals surface area contributed by atoms with Gasteiger partial charge in [-0.25, -0.2) is 4.98 Å². The van der Waals surface area contributed by atoms with E-state index in [0.29, 0.717) is 0 Å².